The Hall–Kier alpha value is -3.95. The van der Waals surface area contributed by atoms with Crippen molar-refractivity contribution in [3.8, 4) is 5.69 Å². The van der Waals surface area contributed by atoms with E-state index in [1.807, 2.05) is 24.3 Å². The third-order valence-electron chi connectivity index (χ3n) is 5.47. The molecule has 1 aliphatic rings. The van der Waals surface area contributed by atoms with Gasteiger partial charge in [-0.3, -0.25) is 14.2 Å². The Morgan fingerprint density at radius 1 is 1.09 bits per heavy atom. The molecule has 3 heterocycles. The normalized spacial score (nSPS) is 13.5. The minimum absolute atomic E-state index is 0.111. The first-order valence-corrected chi connectivity index (χ1v) is 9.82. The third kappa shape index (κ3) is 3.33. The number of benzene rings is 2. The molecule has 4 aromatic rings. The highest BCUT2D eigenvalue weighted by Gasteiger charge is 2.31. The number of carbonyl (C=O) groups is 1. The number of rotatable bonds is 3. The van der Waals surface area contributed by atoms with Gasteiger partial charge in [-0.15, -0.1) is 0 Å². The van der Waals surface area contributed by atoms with Crippen LogP contribution in [-0.2, 0) is 23.9 Å². The van der Waals surface area contributed by atoms with Crippen LogP contribution in [0.25, 0.3) is 16.7 Å². The first-order chi connectivity index (χ1) is 15.3. The highest BCUT2D eigenvalue weighted by atomic mass is 19.4. The molecule has 5 rings (SSSR count). The molecule has 0 unspecified atom stereocenters. The Kier molecular flexibility index (Phi) is 4.58. The zero-order valence-corrected chi connectivity index (χ0v) is 16.6. The van der Waals surface area contributed by atoms with Crippen LogP contribution in [-0.4, -0.2) is 31.8 Å². The lowest BCUT2D eigenvalue weighted by molar-refractivity contribution is -0.137. The number of alkyl halides is 3. The fourth-order valence-electron chi connectivity index (χ4n) is 3.89. The van der Waals surface area contributed by atoms with Crippen molar-refractivity contribution in [1.29, 1.82) is 0 Å². The van der Waals surface area contributed by atoms with Crippen LogP contribution in [0.15, 0.2) is 65.8 Å². The second-order valence-electron chi connectivity index (χ2n) is 7.44. The predicted octanol–water partition coefficient (Wildman–Crippen LogP) is 3.19. The molecule has 0 spiro atoms. The van der Waals surface area contributed by atoms with Crippen molar-refractivity contribution in [1.82, 2.24) is 19.3 Å². The molecule has 0 radical (unpaired) electrons. The number of halogens is 3. The van der Waals surface area contributed by atoms with Crippen LogP contribution in [0.5, 0.6) is 0 Å². The summed E-state index contributed by atoms with van der Waals surface area (Å²) < 4.78 is 41.5. The molecule has 0 atom stereocenters. The monoisotopic (exact) mass is 439 g/mol. The van der Waals surface area contributed by atoms with E-state index in [-0.39, 0.29) is 29.2 Å². The average Bonchev–Trinajstić information content (AvgIpc) is 3.40. The van der Waals surface area contributed by atoms with Crippen LogP contribution in [0.3, 0.4) is 0 Å². The Labute approximate surface area is 179 Å². The molecule has 0 N–H and O–H groups in total. The number of carbonyl (C=O) groups excluding carboxylic acids is 1. The van der Waals surface area contributed by atoms with Gasteiger partial charge in [-0.1, -0.05) is 24.3 Å². The topological polar surface area (TPSA) is 73.0 Å². The van der Waals surface area contributed by atoms with E-state index in [1.54, 1.807) is 4.90 Å². The third-order valence-corrected chi connectivity index (χ3v) is 5.47. The number of para-hydroxylation sites is 1. The van der Waals surface area contributed by atoms with E-state index in [4.69, 9.17) is 0 Å². The van der Waals surface area contributed by atoms with E-state index < -0.39 is 17.3 Å². The smallest absolute Gasteiger partial charge is 0.310 e. The maximum absolute atomic E-state index is 13.0. The van der Waals surface area contributed by atoms with E-state index in [1.165, 1.54) is 33.9 Å². The molecule has 0 aliphatic carbocycles. The summed E-state index contributed by atoms with van der Waals surface area (Å²) in [6.07, 6.45) is -1.29. The average molecular weight is 439 g/mol. The van der Waals surface area contributed by atoms with Crippen molar-refractivity contribution < 1.29 is 18.0 Å². The second-order valence-corrected chi connectivity index (χ2v) is 7.44. The van der Waals surface area contributed by atoms with Gasteiger partial charge in [0.25, 0.3) is 5.56 Å². The SMILES string of the molecule is O=C(Cn1cnc2c(cnn2-c2cccc(C(F)(F)F)c2)c1=O)N1CCc2ccccc21. The molecular formula is C22H16F3N5O2. The molecule has 32 heavy (non-hydrogen) atoms. The number of hydrogen-bond acceptors (Lipinski definition) is 4. The number of amides is 1. The molecular weight excluding hydrogens is 423 g/mol. The molecule has 2 aromatic heterocycles. The van der Waals surface area contributed by atoms with Gasteiger partial charge in [0.05, 0.1) is 17.4 Å². The summed E-state index contributed by atoms with van der Waals surface area (Å²) in [5.74, 6) is -0.247. The van der Waals surface area contributed by atoms with Gasteiger partial charge in [0.15, 0.2) is 5.65 Å². The lowest BCUT2D eigenvalue weighted by Gasteiger charge is -2.17. The summed E-state index contributed by atoms with van der Waals surface area (Å²) >= 11 is 0. The van der Waals surface area contributed by atoms with Crippen LogP contribution >= 0.6 is 0 Å². The van der Waals surface area contributed by atoms with Gasteiger partial charge in [0.2, 0.25) is 5.91 Å². The zero-order chi connectivity index (χ0) is 22.5. The Morgan fingerprint density at radius 2 is 1.91 bits per heavy atom. The van der Waals surface area contributed by atoms with Gasteiger partial charge in [-0.2, -0.15) is 18.3 Å². The number of fused-ring (bicyclic) bond motifs is 2. The first-order valence-electron chi connectivity index (χ1n) is 9.82. The number of anilines is 1. The van der Waals surface area contributed by atoms with Crippen molar-refractivity contribution in [3.05, 3.63) is 82.5 Å². The van der Waals surface area contributed by atoms with Gasteiger partial charge in [-0.25, -0.2) is 9.67 Å². The van der Waals surface area contributed by atoms with Crippen molar-refractivity contribution >= 4 is 22.6 Å². The largest absolute Gasteiger partial charge is 0.416 e. The summed E-state index contributed by atoms with van der Waals surface area (Å²) in [6, 6.07) is 12.2. The molecule has 0 saturated carbocycles. The van der Waals surface area contributed by atoms with Gasteiger partial charge in [0.1, 0.15) is 18.3 Å². The van der Waals surface area contributed by atoms with Gasteiger partial charge in [-0.05, 0) is 36.2 Å². The maximum atomic E-state index is 13.0. The minimum atomic E-state index is -4.51. The van der Waals surface area contributed by atoms with Crippen molar-refractivity contribution in [2.24, 2.45) is 0 Å². The second kappa shape index (κ2) is 7.33. The summed E-state index contributed by atoms with van der Waals surface area (Å²) in [6.45, 7) is 0.334. The van der Waals surface area contributed by atoms with E-state index >= 15 is 0 Å². The summed E-state index contributed by atoms with van der Waals surface area (Å²) in [7, 11) is 0. The van der Waals surface area contributed by atoms with Crippen LogP contribution in [0.1, 0.15) is 11.1 Å². The molecule has 2 aromatic carbocycles. The van der Waals surface area contributed by atoms with Crippen LogP contribution in [0.2, 0.25) is 0 Å². The van der Waals surface area contributed by atoms with Crippen LogP contribution < -0.4 is 10.5 Å². The molecule has 0 saturated heterocycles. The summed E-state index contributed by atoms with van der Waals surface area (Å²) in [5, 5.41) is 4.17. The lowest BCUT2D eigenvalue weighted by atomic mass is 10.2. The Morgan fingerprint density at radius 3 is 2.72 bits per heavy atom. The Bertz CT molecular complexity index is 1410. The van der Waals surface area contributed by atoms with Crippen molar-refractivity contribution in [2.75, 3.05) is 11.4 Å². The van der Waals surface area contributed by atoms with Crippen molar-refractivity contribution in [2.45, 2.75) is 19.1 Å². The molecule has 7 nitrogen and oxygen atoms in total. The van der Waals surface area contributed by atoms with E-state index in [0.29, 0.717) is 6.54 Å². The number of hydrogen-bond donors (Lipinski definition) is 0. The van der Waals surface area contributed by atoms with E-state index in [2.05, 4.69) is 10.1 Å². The summed E-state index contributed by atoms with van der Waals surface area (Å²) in [4.78, 5) is 31.6. The van der Waals surface area contributed by atoms with Crippen LogP contribution in [0, 0.1) is 0 Å². The fraction of sp³-hybridized carbons (Fsp3) is 0.182. The number of aromatic nitrogens is 4. The lowest BCUT2D eigenvalue weighted by Crippen LogP contribution is -2.35. The fourth-order valence-corrected chi connectivity index (χ4v) is 3.89. The molecule has 1 amide bonds. The van der Waals surface area contributed by atoms with Gasteiger partial charge < -0.3 is 4.90 Å². The molecule has 1 aliphatic heterocycles. The van der Waals surface area contributed by atoms with Gasteiger partial charge in [0, 0.05) is 12.2 Å². The van der Waals surface area contributed by atoms with Gasteiger partial charge >= 0.3 is 6.18 Å². The summed E-state index contributed by atoms with van der Waals surface area (Å²) in [5.41, 5.74) is 0.826. The standard InChI is InChI=1S/C22H16F3N5O2/c23-22(24,25)15-5-3-6-16(10-15)30-20-17(11-27-30)21(32)28(13-26-20)12-19(31)29-9-8-14-4-1-2-7-18(14)29/h1-7,10-11,13H,8-9,12H2. The number of nitrogens with zero attached hydrogens (tertiary/aromatic N) is 5. The minimum Gasteiger partial charge on any atom is -0.310 e. The molecule has 0 bridgehead atoms. The Balaban J connectivity index is 1.46. The highest BCUT2D eigenvalue weighted by molar-refractivity contribution is 5.95. The first kappa shape index (κ1) is 20.0. The zero-order valence-electron chi connectivity index (χ0n) is 16.6. The van der Waals surface area contributed by atoms with Crippen molar-refractivity contribution in [3.63, 3.8) is 0 Å². The molecule has 0 fully saturated rings. The maximum Gasteiger partial charge on any atom is 0.416 e. The predicted molar refractivity (Wildman–Crippen MR) is 111 cm³/mol. The van der Waals surface area contributed by atoms with E-state index in [9.17, 15) is 22.8 Å². The van der Waals surface area contributed by atoms with E-state index in [0.717, 1.165) is 29.8 Å². The highest BCUT2D eigenvalue weighted by Crippen LogP contribution is 2.31. The molecule has 10 heteroatoms. The molecule has 162 valence electrons. The quantitative estimate of drug-likeness (QED) is 0.492. The van der Waals surface area contributed by atoms with Crippen LogP contribution in [0.4, 0.5) is 18.9 Å².